The normalized spacial score (nSPS) is 17.1. The second kappa shape index (κ2) is 11.7. The Kier molecular flexibility index (Phi) is 10.3. The lowest BCUT2D eigenvalue weighted by Gasteiger charge is -2.34. The summed E-state index contributed by atoms with van der Waals surface area (Å²) in [6.07, 6.45) is -3.83. The van der Waals surface area contributed by atoms with Gasteiger partial charge in [-0.05, 0) is 24.5 Å². The lowest BCUT2D eigenvalue weighted by molar-refractivity contribution is -0.274. The van der Waals surface area contributed by atoms with E-state index in [4.69, 9.17) is 10.5 Å². The molecule has 1 fully saturated rings. The van der Waals surface area contributed by atoms with E-state index in [1.165, 1.54) is 18.2 Å². The molecule has 6 nitrogen and oxygen atoms in total. The molecule has 1 aliphatic rings. The Morgan fingerprint density at radius 1 is 1.29 bits per heavy atom. The SMILES string of the molecule is CC(C)CC(CN=C(N)Nc1ccccc1OC(F)(F)F)N1CCOCC1.I. The van der Waals surface area contributed by atoms with Crippen molar-refractivity contribution in [1.29, 1.82) is 0 Å². The summed E-state index contributed by atoms with van der Waals surface area (Å²) in [4.78, 5) is 6.67. The van der Waals surface area contributed by atoms with Crippen molar-refractivity contribution in [2.24, 2.45) is 16.6 Å². The first-order valence-corrected chi connectivity index (χ1v) is 8.98. The van der Waals surface area contributed by atoms with Crippen LogP contribution < -0.4 is 15.8 Å². The van der Waals surface area contributed by atoms with E-state index >= 15 is 0 Å². The molecular weight excluding hydrogens is 488 g/mol. The van der Waals surface area contributed by atoms with Gasteiger partial charge in [0.2, 0.25) is 0 Å². The first kappa shape index (κ1) is 24.8. The first-order chi connectivity index (χ1) is 12.7. The van der Waals surface area contributed by atoms with Crippen LogP contribution in [0.4, 0.5) is 18.9 Å². The van der Waals surface area contributed by atoms with Gasteiger partial charge in [-0.3, -0.25) is 9.89 Å². The molecule has 2 rings (SSSR count). The van der Waals surface area contributed by atoms with Gasteiger partial charge in [0.25, 0.3) is 0 Å². The largest absolute Gasteiger partial charge is 0.573 e. The summed E-state index contributed by atoms with van der Waals surface area (Å²) in [5.41, 5.74) is 6.02. The second-order valence-corrected chi connectivity index (χ2v) is 6.83. The standard InChI is InChI=1S/C18H27F3N4O2.HI/c1-13(2)11-14(25-7-9-26-10-8-25)12-23-17(22)24-15-5-3-4-6-16(15)27-18(19,20)21;/h3-6,13-14H,7-12H2,1-2H3,(H3,22,23,24);1H. The molecule has 1 atom stereocenters. The number of nitrogens with zero attached hydrogens (tertiary/aromatic N) is 2. The number of halogens is 4. The summed E-state index contributed by atoms with van der Waals surface area (Å²) < 4.78 is 46.9. The van der Waals surface area contributed by atoms with Crippen LogP contribution in [0.15, 0.2) is 29.3 Å². The minimum Gasteiger partial charge on any atom is -0.404 e. The predicted molar refractivity (Wildman–Crippen MR) is 114 cm³/mol. The van der Waals surface area contributed by atoms with Crippen molar-refractivity contribution in [2.45, 2.75) is 32.7 Å². The van der Waals surface area contributed by atoms with Crippen LogP contribution in [0.3, 0.4) is 0 Å². The average Bonchev–Trinajstić information content (AvgIpc) is 2.59. The second-order valence-electron chi connectivity index (χ2n) is 6.83. The van der Waals surface area contributed by atoms with E-state index in [2.05, 4.69) is 33.8 Å². The highest BCUT2D eigenvalue weighted by molar-refractivity contribution is 14.0. The monoisotopic (exact) mass is 516 g/mol. The molecule has 1 heterocycles. The number of benzene rings is 1. The van der Waals surface area contributed by atoms with Crippen molar-refractivity contribution < 1.29 is 22.6 Å². The Bertz CT molecular complexity index is 623. The van der Waals surface area contributed by atoms with Crippen molar-refractivity contribution in [2.75, 3.05) is 38.2 Å². The first-order valence-electron chi connectivity index (χ1n) is 8.98. The van der Waals surface area contributed by atoms with Crippen molar-refractivity contribution in [1.82, 2.24) is 4.90 Å². The van der Waals surface area contributed by atoms with Crippen molar-refractivity contribution in [3.8, 4) is 5.75 Å². The van der Waals surface area contributed by atoms with E-state index in [0.717, 1.165) is 19.5 Å². The van der Waals surface area contributed by atoms with Crippen molar-refractivity contribution in [3.05, 3.63) is 24.3 Å². The van der Waals surface area contributed by atoms with Crippen LogP contribution in [0.1, 0.15) is 20.3 Å². The molecule has 0 radical (unpaired) electrons. The molecule has 0 amide bonds. The summed E-state index contributed by atoms with van der Waals surface area (Å²) in [5.74, 6) is 0.188. The van der Waals surface area contributed by atoms with Crippen LogP contribution in [0.25, 0.3) is 0 Å². The van der Waals surface area contributed by atoms with Crippen LogP contribution in [0.2, 0.25) is 0 Å². The number of rotatable bonds is 7. The molecule has 1 aliphatic heterocycles. The summed E-state index contributed by atoms with van der Waals surface area (Å²) >= 11 is 0. The average molecular weight is 516 g/mol. The van der Waals surface area contributed by atoms with Gasteiger partial charge in [0.05, 0.1) is 25.4 Å². The number of nitrogens with one attached hydrogen (secondary N) is 1. The molecule has 1 saturated heterocycles. The molecule has 3 N–H and O–H groups in total. The quantitative estimate of drug-likeness (QED) is 0.329. The summed E-state index contributed by atoms with van der Waals surface area (Å²) in [5, 5.41) is 2.70. The van der Waals surface area contributed by atoms with Crippen molar-refractivity contribution in [3.63, 3.8) is 0 Å². The summed E-state index contributed by atoms with van der Waals surface area (Å²) in [6, 6.07) is 5.93. The van der Waals surface area contributed by atoms with E-state index in [0.29, 0.717) is 25.7 Å². The topological polar surface area (TPSA) is 72.1 Å². The summed E-state index contributed by atoms with van der Waals surface area (Å²) in [7, 11) is 0. The maximum Gasteiger partial charge on any atom is 0.573 e. The third-order valence-corrected chi connectivity index (χ3v) is 4.15. The molecule has 10 heteroatoms. The van der Waals surface area contributed by atoms with Crippen LogP contribution in [-0.4, -0.2) is 56.1 Å². The maximum absolute atomic E-state index is 12.5. The minimum atomic E-state index is -4.78. The molecule has 0 saturated carbocycles. The van der Waals surface area contributed by atoms with E-state index in [1.807, 2.05) is 0 Å². The molecule has 1 unspecified atom stereocenters. The Morgan fingerprint density at radius 2 is 1.93 bits per heavy atom. The molecule has 1 aromatic carbocycles. The van der Waals surface area contributed by atoms with E-state index < -0.39 is 6.36 Å². The number of hydrogen-bond donors (Lipinski definition) is 2. The fraction of sp³-hybridized carbons (Fsp3) is 0.611. The molecule has 0 bridgehead atoms. The van der Waals surface area contributed by atoms with Crippen molar-refractivity contribution >= 4 is 35.6 Å². The third-order valence-electron chi connectivity index (χ3n) is 4.15. The zero-order valence-corrected chi connectivity index (χ0v) is 18.4. The summed E-state index contributed by atoms with van der Waals surface area (Å²) in [6.45, 7) is 7.79. The zero-order valence-electron chi connectivity index (χ0n) is 16.0. The number of ether oxygens (including phenoxy) is 2. The number of morpholine rings is 1. The van der Waals surface area contributed by atoms with Crippen LogP contribution in [0, 0.1) is 5.92 Å². The molecule has 160 valence electrons. The fourth-order valence-electron chi connectivity index (χ4n) is 2.99. The highest BCUT2D eigenvalue weighted by atomic mass is 127. The van der Waals surface area contributed by atoms with Crippen LogP contribution >= 0.6 is 24.0 Å². The lowest BCUT2D eigenvalue weighted by atomic mass is 10.0. The maximum atomic E-state index is 12.5. The predicted octanol–water partition coefficient (Wildman–Crippen LogP) is 3.68. The number of alkyl halides is 3. The fourth-order valence-corrected chi connectivity index (χ4v) is 2.99. The highest BCUT2D eigenvalue weighted by Crippen LogP contribution is 2.29. The van der Waals surface area contributed by atoms with Gasteiger partial charge in [-0.25, -0.2) is 0 Å². The molecule has 0 aliphatic carbocycles. The number of aliphatic imine (C=N–C) groups is 1. The Labute approximate surface area is 180 Å². The third kappa shape index (κ3) is 8.82. The van der Waals surface area contributed by atoms with E-state index in [9.17, 15) is 13.2 Å². The van der Waals surface area contributed by atoms with Gasteiger partial charge in [-0.15, -0.1) is 37.1 Å². The lowest BCUT2D eigenvalue weighted by Crippen LogP contribution is -2.46. The van der Waals surface area contributed by atoms with Gasteiger partial charge in [0, 0.05) is 19.1 Å². The Hall–Kier alpha value is -1.27. The molecular formula is C18H28F3IN4O2. The number of nitrogens with two attached hydrogens (primary N) is 1. The van der Waals surface area contributed by atoms with Crippen LogP contribution in [-0.2, 0) is 4.74 Å². The van der Waals surface area contributed by atoms with Gasteiger partial charge in [-0.1, -0.05) is 26.0 Å². The Morgan fingerprint density at radius 3 is 2.54 bits per heavy atom. The smallest absolute Gasteiger partial charge is 0.404 e. The molecule has 1 aromatic rings. The number of guanidine groups is 1. The number of anilines is 1. The van der Waals surface area contributed by atoms with Gasteiger partial charge in [0.15, 0.2) is 11.7 Å². The highest BCUT2D eigenvalue weighted by Gasteiger charge is 2.32. The van der Waals surface area contributed by atoms with Gasteiger partial charge in [-0.2, -0.15) is 0 Å². The minimum absolute atomic E-state index is 0. The molecule has 0 spiro atoms. The van der Waals surface area contributed by atoms with Crippen LogP contribution in [0.5, 0.6) is 5.75 Å². The number of para-hydroxylation sites is 2. The van der Waals surface area contributed by atoms with Gasteiger partial charge < -0.3 is 20.5 Å². The Balaban J connectivity index is 0.00000392. The molecule has 0 aromatic heterocycles. The molecule has 28 heavy (non-hydrogen) atoms. The van der Waals surface area contributed by atoms with E-state index in [1.54, 1.807) is 6.07 Å². The number of hydrogen-bond acceptors (Lipinski definition) is 4. The van der Waals surface area contributed by atoms with Gasteiger partial charge in [0.1, 0.15) is 0 Å². The zero-order chi connectivity index (χ0) is 19.9. The van der Waals surface area contributed by atoms with E-state index in [-0.39, 0.29) is 47.4 Å². The van der Waals surface area contributed by atoms with Gasteiger partial charge >= 0.3 is 6.36 Å².